The molecule has 0 spiro atoms. The summed E-state index contributed by atoms with van der Waals surface area (Å²) in [6, 6.07) is 3.56. The van der Waals surface area contributed by atoms with Gasteiger partial charge in [-0.3, -0.25) is 9.59 Å². The molecule has 4 heterocycles. The van der Waals surface area contributed by atoms with Crippen molar-refractivity contribution in [2.45, 2.75) is 25.3 Å². The first-order valence-corrected chi connectivity index (χ1v) is 8.87. The number of hydrogen-bond acceptors (Lipinski definition) is 6. The summed E-state index contributed by atoms with van der Waals surface area (Å²) in [4.78, 5) is 29.3. The molecule has 2 atom stereocenters. The number of fused-ring (bicyclic) bond motifs is 1. The van der Waals surface area contributed by atoms with Gasteiger partial charge < -0.3 is 9.80 Å². The summed E-state index contributed by atoms with van der Waals surface area (Å²) < 4.78 is 0. The van der Waals surface area contributed by atoms with Crippen LogP contribution in [0.2, 0.25) is 0 Å². The Balaban J connectivity index is 1.46. The number of nitrogens with zero attached hydrogens (tertiary/aromatic N) is 6. The largest absolute Gasteiger partial charge is 0.339 e. The van der Waals surface area contributed by atoms with Crippen LogP contribution in [0.3, 0.4) is 0 Å². The minimum atomic E-state index is -0.0175. The van der Waals surface area contributed by atoms with Crippen molar-refractivity contribution in [1.29, 1.82) is 0 Å². The highest BCUT2D eigenvalue weighted by molar-refractivity contribution is 5.94. The van der Waals surface area contributed by atoms with Gasteiger partial charge in [-0.2, -0.15) is 20.4 Å². The van der Waals surface area contributed by atoms with Gasteiger partial charge in [-0.1, -0.05) is 0 Å². The minimum absolute atomic E-state index is 0.00510. The molecule has 0 bridgehead atoms. The second-order valence-corrected chi connectivity index (χ2v) is 6.75. The lowest BCUT2D eigenvalue weighted by atomic mass is 9.95. The Morgan fingerprint density at radius 1 is 0.808 bits per heavy atom. The Morgan fingerprint density at radius 3 is 2.08 bits per heavy atom. The Morgan fingerprint density at radius 2 is 1.42 bits per heavy atom. The zero-order chi connectivity index (χ0) is 17.9. The summed E-state index contributed by atoms with van der Waals surface area (Å²) in [6.45, 7) is 2.11. The number of rotatable bonds is 2. The summed E-state index contributed by atoms with van der Waals surface area (Å²) in [7, 11) is 0. The van der Waals surface area contributed by atoms with Crippen molar-refractivity contribution in [2.75, 3.05) is 19.6 Å². The number of amides is 2. The normalized spacial score (nSPS) is 22.6. The van der Waals surface area contributed by atoms with Crippen LogP contribution in [0.15, 0.2) is 36.9 Å². The fraction of sp³-hybridized carbons (Fsp3) is 0.444. The van der Waals surface area contributed by atoms with Crippen molar-refractivity contribution in [3.05, 3.63) is 48.0 Å². The van der Waals surface area contributed by atoms with Gasteiger partial charge in [0.25, 0.3) is 11.8 Å². The fourth-order valence-electron chi connectivity index (χ4n) is 4.01. The number of likely N-dealkylation sites (tertiary alicyclic amines) is 2. The lowest BCUT2D eigenvalue weighted by molar-refractivity contribution is 0.0704. The molecule has 2 amide bonds. The van der Waals surface area contributed by atoms with E-state index < -0.39 is 0 Å². The zero-order valence-corrected chi connectivity index (χ0v) is 14.4. The Kier molecular flexibility index (Phi) is 4.55. The SMILES string of the molecule is O=C(c1ccnnc1)N1CC[C@@H]2CCN(C(=O)c3ccnnc3)[C@H]2CC1. The van der Waals surface area contributed by atoms with E-state index in [0.717, 1.165) is 25.8 Å². The molecule has 2 fully saturated rings. The standard InChI is InChI=1S/C18H20N6O2/c25-17(14-1-6-19-21-11-14)23-8-3-13-4-10-24(16(13)5-9-23)18(26)15-2-7-20-22-12-15/h1-2,6-7,11-13,16H,3-5,8-10H2/t13-,16+/m1/s1. The highest BCUT2D eigenvalue weighted by Gasteiger charge is 2.39. The predicted molar refractivity (Wildman–Crippen MR) is 92.1 cm³/mol. The molecule has 0 aliphatic carbocycles. The van der Waals surface area contributed by atoms with Gasteiger partial charge in [-0.25, -0.2) is 0 Å². The van der Waals surface area contributed by atoms with Crippen LogP contribution in [0.4, 0.5) is 0 Å². The van der Waals surface area contributed by atoms with Crippen LogP contribution in [0.1, 0.15) is 40.0 Å². The number of aromatic nitrogens is 4. The van der Waals surface area contributed by atoms with E-state index in [2.05, 4.69) is 20.4 Å². The first-order chi connectivity index (χ1) is 12.7. The summed E-state index contributed by atoms with van der Waals surface area (Å²) in [5, 5.41) is 15.1. The number of hydrogen-bond donors (Lipinski definition) is 0. The summed E-state index contributed by atoms with van der Waals surface area (Å²) in [5.41, 5.74) is 1.13. The average Bonchev–Trinajstić information content (AvgIpc) is 2.99. The molecule has 2 saturated heterocycles. The molecule has 0 N–H and O–H groups in total. The van der Waals surface area contributed by atoms with Crippen molar-refractivity contribution in [2.24, 2.45) is 5.92 Å². The second kappa shape index (κ2) is 7.15. The number of carbonyl (C=O) groups excluding carboxylic acids is 2. The van der Waals surface area contributed by atoms with Gasteiger partial charge >= 0.3 is 0 Å². The molecule has 0 aromatic carbocycles. The van der Waals surface area contributed by atoms with Gasteiger partial charge in [0.2, 0.25) is 0 Å². The van der Waals surface area contributed by atoms with E-state index in [0.29, 0.717) is 30.1 Å². The van der Waals surface area contributed by atoms with Gasteiger partial charge in [-0.15, -0.1) is 0 Å². The number of carbonyl (C=O) groups is 2. The van der Waals surface area contributed by atoms with Crippen LogP contribution in [0.25, 0.3) is 0 Å². The molecule has 4 rings (SSSR count). The molecule has 8 heteroatoms. The summed E-state index contributed by atoms with van der Waals surface area (Å²) in [5.74, 6) is 0.420. The quantitative estimate of drug-likeness (QED) is 0.802. The van der Waals surface area contributed by atoms with E-state index in [1.807, 2.05) is 9.80 Å². The Bertz CT molecular complexity index is 785. The van der Waals surface area contributed by atoms with Gasteiger partial charge in [0.05, 0.1) is 35.9 Å². The maximum absolute atomic E-state index is 12.8. The van der Waals surface area contributed by atoms with E-state index in [-0.39, 0.29) is 17.9 Å². The third-order valence-corrected chi connectivity index (χ3v) is 5.36. The first kappa shape index (κ1) is 16.6. The topological polar surface area (TPSA) is 92.2 Å². The summed E-state index contributed by atoms with van der Waals surface area (Å²) in [6.07, 6.45) is 8.76. The molecule has 2 aromatic rings. The highest BCUT2D eigenvalue weighted by atomic mass is 16.2. The van der Waals surface area contributed by atoms with Crippen molar-refractivity contribution in [1.82, 2.24) is 30.2 Å². The van der Waals surface area contributed by atoms with E-state index >= 15 is 0 Å². The van der Waals surface area contributed by atoms with E-state index in [1.54, 1.807) is 12.1 Å². The van der Waals surface area contributed by atoms with Crippen molar-refractivity contribution in [3.8, 4) is 0 Å². The van der Waals surface area contributed by atoms with Crippen molar-refractivity contribution >= 4 is 11.8 Å². The van der Waals surface area contributed by atoms with Gasteiger partial charge in [0.1, 0.15) is 0 Å². The van der Waals surface area contributed by atoms with Crippen LogP contribution in [0, 0.1) is 5.92 Å². The third-order valence-electron chi connectivity index (χ3n) is 5.36. The van der Waals surface area contributed by atoms with Crippen LogP contribution < -0.4 is 0 Å². The molecular weight excluding hydrogens is 332 g/mol. The molecular formula is C18H20N6O2. The first-order valence-electron chi connectivity index (χ1n) is 8.87. The second-order valence-electron chi connectivity index (χ2n) is 6.75. The van der Waals surface area contributed by atoms with Crippen LogP contribution in [0.5, 0.6) is 0 Å². The smallest absolute Gasteiger partial charge is 0.255 e. The van der Waals surface area contributed by atoms with Gasteiger partial charge in [-0.05, 0) is 37.3 Å². The lowest BCUT2D eigenvalue weighted by Gasteiger charge is -2.27. The van der Waals surface area contributed by atoms with Crippen LogP contribution in [-0.2, 0) is 0 Å². The monoisotopic (exact) mass is 352 g/mol. The Labute approximate surface area is 151 Å². The summed E-state index contributed by atoms with van der Waals surface area (Å²) >= 11 is 0. The molecule has 26 heavy (non-hydrogen) atoms. The van der Waals surface area contributed by atoms with Crippen molar-refractivity contribution in [3.63, 3.8) is 0 Å². The predicted octanol–water partition coefficient (Wildman–Crippen LogP) is 1.03. The lowest BCUT2D eigenvalue weighted by Crippen LogP contribution is -2.39. The molecule has 0 saturated carbocycles. The maximum Gasteiger partial charge on any atom is 0.255 e. The molecule has 8 nitrogen and oxygen atoms in total. The molecule has 134 valence electrons. The molecule has 2 aromatic heterocycles. The molecule has 0 radical (unpaired) electrons. The van der Waals surface area contributed by atoms with E-state index in [9.17, 15) is 9.59 Å². The zero-order valence-electron chi connectivity index (χ0n) is 14.4. The van der Waals surface area contributed by atoms with Crippen LogP contribution >= 0.6 is 0 Å². The van der Waals surface area contributed by atoms with Gasteiger partial charge in [0.15, 0.2) is 0 Å². The Hall–Kier alpha value is -2.90. The van der Waals surface area contributed by atoms with Crippen molar-refractivity contribution < 1.29 is 9.59 Å². The highest BCUT2D eigenvalue weighted by Crippen LogP contribution is 2.33. The van der Waals surface area contributed by atoms with E-state index in [1.165, 1.54) is 24.8 Å². The third kappa shape index (κ3) is 3.14. The fourth-order valence-corrected chi connectivity index (χ4v) is 4.01. The molecule has 0 unspecified atom stereocenters. The molecule has 2 aliphatic rings. The average molecular weight is 352 g/mol. The van der Waals surface area contributed by atoms with E-state index in [4.69, 9.17) is 0 Å². The molecule has 2 aliphatic heterocycles. The minimum Gasteiger partial charge on any atom is -0.339 e. The maximum atomic E-state index is 12.8. The van der Waals surface area contributed by atoms with Gasteiger partial charge in [0, 0.05) is 25.7 Å². The van der Waals surface area contributed by atoms with Crippen LogP contribution in [-0.4, -0.2) is 67.7 Å².